The molecule has 1 rings (SSSR count). The van der Waals surface area contributed by atoms with Gasteiger partial charge in [-0.25, -0.2) is 8.42 Å². The number of piperidine rings is 1. The third kappa shape index (κ3) is 6.62. The molecule has 3 N–H and O–H groups in total. The Morgan fingerprint density at radius 3 is 2.52 bits per heavy atom. The Hall–Kier alpha value is -0.870. The molecule has 6 nitrogen and oxygen atoms in total. The van der Waals surface area contributed by atoms with Crippen LogP contribution in [0.3, 0.4) is 0 Å². The lowest BCUT2D eigenvalue weighted by Crippen LogP contribution is -2.52. The van der Waals surface area contributed by atoms with Gasteiger partial charge in [0.2, 0.25) is 15.9 Å². The van der Waals surface area contributed by atoms with Gasteiger partial charge in [-0.3, -0.25) is 4.79 Å². The number of carbonyl (C=O) groups excluding carboxylic acids is 1. The van der Waals surface area contributed by atoms with E-state index in [-0.39, 0.29) is 0 Å². The topological polar surface area (TPSA) is 92.5 Å². The normalized spacial score (nSPS) is 20.7. The van der Waals surface area contributed by atoms with Gasteiger partial charge in [-0.05, 0) is 25.8 Å². The Labute approximate surface area is 121 Å². The van der Waals surface area contributed by atoms with Crippen molar-refractivity contribution in [2.75, 3.05) is 25.4 Å². The summed E-state index contributed by atoms with van der Waals surface area (Å²) in [7, 11) is -3.95. The lowest BCUT2D eigenvalue weighted by Gasteiger charge is -2.33. The Bertz CT molecular complexity index is 447. The van der Waals surface area contributed by atoms with Gasteiger partial charge >= 0.3 is 6.18 Å². The highest BCUT2D eigenvalue weighted by Crippen LogP contribution is 2.23. The highest BCUT2D eigenvalue weighted by molar-refractivity contribution is 7.89. The van der Waals surface area contributed by atoms with Gasteiger partial charge in [0.15, 0.2) is 0 Å². The van der Waals surface area contributed by atoms with Crippen LogP contribution in [0.25, 0.3) is 0 Å². The maximum Gasteiger partial charge on any atom is 0.389 e. The molecule has 0 aromatic heterocycles. The zero-order chi connectivity index (χ0) is 16.1. The number of halogens is 3. The SMILES string of the molecule is NC(=O)CN(C1CCCNC1)S(=O)(=O)CCCC(F)(F)F. The number of carbonyl (C=O) groups is 1. The number of hydrogen-bond acceptors (Lipinski definition) is 4. The van der Waals surface area contributed by atoms with Crippen molar-refractivity contribution in [1.29, 1.82) is 0 Å². The number of sulfonamides is 1. The van der Waals surface area contributed by atoms with Crippen molar-refractivity contribution in [2.24, 2.45) is 5.73 Å². The summed E-state index contributed by atoms with van der Waals surface area (Å²) in [5.41, 5.74) is 5.05. The van der Waals surface area contributed by atoms with Crippen molar-refractivity contribution in [2.45, 2.75) is 37.9 Å². The number of primary amides is 1. The molecule has 0 bridgehead atoms. The molecule has 1 fully saturated rings. The third-order valence-electron chi connectivity index (χ3n) is 3.21. The third-order valence-corrected chi connectivity index (χ3v) is 5.16. The van der Waals surface area contributed by atoms with E-state index in [4.69, 9.17) is 5.73 Å². The summed E-state index contributed by atoms with van der Waals surface area (Å²) >= 11 is 0. The molecule has 1 unspecified atom stereocenters. The minimum atomic E-state index is -4.39. The summed E-state index contributed by atoms with van der Waals surface area (Å²) in [5, 5.41) is 3.00. The van der Waals surface area contributed by atoms with Crippen LogP contribution in [0.2, 0.25) is 0 Å². The first-order chi connectivity index (χ1) is 9.62. The number of hydrogen-bond donors (Lipinski definition) is 2. The second-order valence-corrected chi connectivity index (χ2v) is 7.09. The number of alkyl halides is 3. The van der Waals surface area contributed by atoms with Crippen LogP contribution in [-0.4, -0.2) is 56.2 Å². The quantitative estimate of drug-likeness (QED) is 0.697. The summed E-state index contributed by atoms with van der Waals surface area (Å²) in [5.74, 6) is -1.46. The van der Waals surface area contributed by atoms with E-state index in [1.807, 2.05) is 0 Å². The van der Waals surface area contributed by atoms with Crippen LogP contribution in [0, 0.1) is 0 Å². The molecule has 1 aliphatic rings. The molecule has 1 heterocycles. The molecule has 1 saturated heterocycles. The molecule has 10 heteroatoms. The summed E-state index contributed by atoms with van der Waals surface area (Å²) in [6.07, 6.45) is -4.80. The number of amides is 1. The lowest BCUT2D eigenvalue weighted by molar-refractivity contribution is -0.134. The van der Waals surface area contributed by atoms with Gasteiger partial charge in [0, 0.05) is 19.0 Å². The molecule has 0 spiro atoms. The molecule has 0 aromatic carbocycles. The predicted molar refractivity (Wildman–Crippen MR) is 70.9 cm³/mol. The fraction of sp³-hybridized carbons (Fsp3) is 0.909. The summed E-state index contributed by atoms with van der Waals surface area (Å²) in [6, 6.07) is -0.442. The van der Waals surface area contributed by atoms with Crippen LogP contribution in [0.4, 0.5) is 13.2 Å². The van der Waals surface area contributed by atoms with Gasteiger partial charge in [0.05, 0.1) is 12.3 Å². The Balaban J connectivity index is 2.72. The summed E-state index contributed by atoms with van der Waals surface area (Å²) < 4.78 is 61.6. The number of nitrogens with zero attached hydrogens (tertiary/aromatic N) is 1. The first-order valence-electron chi connectivity index (χ1n) is 6.67. The van der Waals surface area contributed by atoms with Crippen LogP contribution in [0.5, 0.6) is 0 Å². The van der Waals surface area contributed by atoms with E-state index in [1.54, 1.807) is 0 Å². The van der Waals surface area contributed by atoms with Gasteiger partial charge in [0.1, 0.15) is 0 Å². The zero-order valence-electron chi connectivity index (χ0n) is 11.5. The molecular formula is C11H20F3N3O3S. The molecule has 0 saturated carbocycles. The largest absolute Gasteiger partial charge is 0.389 e. The second kappa shape index (κ2) is 7.41. The van der Waals surface area contributed by atoms with Crippen molar-refractivity contribution >= 4 is 15.9 Å². The van der Waals surface area contributed by atoms with Crippen LogP contribution in [0.15, 0.2) is 0 Å². The average molecular weight is 331 g/mol. The first-order valence-corrected chi connectivity index (χ1v) is 8.28. The molecule has 0 radical (unpaired) electrons. The lowest BCUT2D eigenvalue weighted by atomic mass is 10.1. The van der Waals surface area contributed by atoms with E-state index in [0.717, 1.165) is 17.3 Å². The molecule has 0 aliphatic carbocycles. The number of nitrogens with one attached hydrogen (secondary N) is 1. The van der Waals surface area contributed by atoms with Crippen molar-refractivity contribution in [3.63, 3.8) is 0 Å². The zero-order valence-corrected chi connectivity index (χ0v) is 12.3. The second-order valence-electron chi connectivity index (χ2n) is 5.05. The van der Waals surface area contributed by atoms with Gasteiger partial charge < -0.3 is 11.1 Å². The standard InChI is InChI=1S/C11H20F3N3O3S/c12-11(13,14)4-2-6-21(19,20)17(8-10(15)18)9-3-1-5-16-7-9/h9,16H,1-8H2,(H2,15,18). The molecule has 1 amide bonds. The monoisotopic (exact) mass is 331 g/mol. The smallest absolute Gasteiger partial charge is 0.369 e. The number of nitrogens with two attached hydrogens (primary N) is 1. The van der Waals surface area contributed by atoms with Crippen molar-refractivity contribution < 1.29 is 26.4 Å². The maximum absolute atomic E-state index is 12.2. The molecule has 1 atom stereocenters. The van der Waals surface area contributed by atoms with Gasteiger partial charge in [-0.2, -0.15) is 17.5 Å². The van der Waals surface area contributed by atoms with Gasteiger partial charge in [-0.1, -0.05) is 0 Å². The molecule has 21 heavy (non-hydrogen) atoms. The Morgan fingerprint density at radius 2 is 2.05 bits per heavy atom. The predicted octanol–water partition coefficient (Wildman–Crippen LogP) is 0.198. The van der Waals surface area contributed by atoms with Crippen LogP contribution >= 0.6 is 0 Å². The molecular weight excluding hydrogens is 311 g/mol. The Morgan fingerprint density at radius 1 is 1.38 bits per heavy atom. The fourth-order valence-electron chi connectivity index (χ4n) is 2.26. The van der Waals surface area contributed by atoms with Gasteiger partial charge in [0.25, 0.3) is 0 Å². The van der Waals surface area contributed by atoms with Crippen LogP contribution in [-0.2, 0) is 14.8 Å². The minimum Gasteiger partial charge on any atom is -0.369 e. The van der Waals surface area contributed by atoms with Crippen molar-refractivity contribution in [1.82, 2.24) is 9.62 Å². The maximum atomic E-state index is 12.2. The summed E-state index contributed by atoms with van der Waals surface area (Å²) in [4.78, 5) is 11.0. The van der Waals surface area contributed by atoms with Crippen LogP contribution < -0.4 is 11.1 Å². The van der Waals surface area contributed by atoms with E-state index >= 15 is 0 Å². The summed E-state index contributed by atoms with van der Waals surface area (Å²) in [6.45, 7) is 0.613. The van der Waals surface area contributed by atoms with Crippen molar-refractivity contribution in [3.05, 3.63) is 0 Å². The van der Waals surface area contributed by atoms with E-state index in [0.29, 0.717) is 13.0 Å². The number of rotatable bonds is 7. The van der Waals surface area contributed by atoms with Crippen LogP contribution in [0.1, 0.15) is 25.7 Å². The van der Waals surface area contributed by atoms with E-state index in [9.17, 15) is 26.4 Å². The van der Waals surface area contributed by atoms with Crippen molar-refractivity contribution in [3.8, 4) is 0 Å². The minimum absolute atomic E-state index is 0.367. The highest BCUT2D eigenvalue weighted by Gasteiger charge is 2.33. The highest BCUT2D eigenvalue weighted by atomic mass is 32.2. The van der Waals surface area contributed by atoms with E-state index in [2.05, 4.69) is 5.32 Å². The van der Waals surface area contributed by atoms with E-state index in [1.165, 1.54) is 0 Å². The van der Waals surface area contributed by atoms with E-state index < -0.39 is 53.3 Å². The molecule has 0 aromatic rings. The molecule has 124 valence electrons. The average Bonchev–Trinajstić information content (AvgIpc) is 2.34. The van der Waals surface area contributed by atoms with Gasteiger partial charge in [-0.15, -0.1) is 0 Å². The first kappa shape index (κ1) is 18.2. The molecule has 1 aliphatic heterocycles. The Kier molecular flexibility index (Phi) is 6.41. The fourth-order valence-corrected chi connectivity index (χ4v) is 3.96.